The van der Waals surface area contributed by atoms with Crippen LogP contribution in [0.15, 0.2) is 22.0 Å². The Morgan fingerprint density at radius 1 is 1.25 bits per heavy atom. The van der Waals surface area contributed by atoms with Crippen molar-refractivity contribution in [3.8, 4) is 0 Å². The second-order valence-electron chi connectivity index (χ2n) is 2.66. The van der Waals surface area contributed by atoms with Gasteiger partial charge < -0.3 is 0 Å². The molecule has 0 fully saturated rings. The average molecular weight is 268 g/mol. The molecule has 0 unspecified atom stereocenters. The van der Waals surface area contributed by atoms with Gasteiger partial charge in [-0.1, -0.05) is 0 Å². The van der Waals surface area contributed by atoms with Gasteiger partial charge in [0.05, 0.1) is 0 Å². The summed E-state index contributed by atoms with van der Waals surface area (Å²) in [7, 11) is 0. The van der Waals surface area contributed by atoms with Crippen molar-refractivity contribution >= 4 is 37.2 Å². The van der Waals surface area contributed by atoms with Crippen LogP contribution in [0.3, 0.4) is 0 Å². The molecule has 0 aliphatic heterocycles. The fourth-order valence-corrected chi connectivity index (χ4v) is 1.72. The molecule has 0 amide bonds. The Morgan fingerprint density at radius 3 is 1.92 bits per heavy atom. The molecular formula is C8H14Cl3V. The van der Waals surface area contributed by atoms with Crippen LogP contribution in [0.1, 0.15) is 20.3 Å². The molecule has 0 aromatic carbocycles. The van der Waals surface area contributed by atoms with Crippen LogP contribution in [0, 0.1) is 5.92 Å². The number of rotatable bonds is 1. The van der Waals surface area contributed by atoms with Gasteiger partial charge in [0.25, 0.3) is 0 Å². The van der Waals surface area contributed by atoms with Crippen LogP contribution in [0.2, 0.25) is 0 Å². The van der Waals surface area contributed by atoms with E-state index in [2.05, 4.69) is 43.4 Å². The summed E-state index contributed by atoms with van der Waals surface area (Å²) >= 11 is 2.65. The fourth-order valence-electron chi connectivity index (χ4n) is 1.04. The SMILES string of the molecule is CC(C)C1=[C]([V])CC=C1.Cl.Cl.Cl. The molecule has 0 spiro atoms. The van der Waals surface area contributed by atoms with Gasteiger partial charge in [-0.25, -0.2) is 0 Å². The number of halogens is 3. The molecule has 1 aliphatic rings. The van der Waals surface area contributed by atoms with E-state index in [1.165, 1.54) is 9.86 Å². The van der Waals surface area contributed by atoms with E-state index in [0.29, 0.717) is 5.92 Å². The molecule has 4 heteroatoms. The van der Waals surface area contributed by atoms with Crippen LogP contribution in [0.4, 0.5) is 0 Å². The molecule has 0 aromatic heterocycles. The van der Waals surface area contributed by atoms with Crippen molar-refractivity contribution in [1.82, 2.24) is 0 Å². The van der Waals surface area contributed by atoms with Crippen molar-refractivity contribution in [2.24, 2.45) is 5.92 Å². The topological polar surface area (TPSA) is 0 Å². The first-order valence-electron chi connectivity index (χ1n) is 3.30. The molecule has 0 atom stereocenters. The van der Waals surface area contributed by atoms with Crippen molar-refractivity contribution in [3.63, 3.8) is 0 Å². The van der Waals surface area contributed by atoms with E-state index in [1.54, 1.807) is 0 Å². The first-order valence-corrected chi connectivity index (χ1v) is 4.00. The van der Waals surface area contributed by atoms with Crippen LogP contribution in [0.25, 0.3) is 0 Å². The van der Waals surface area contributed by atoms with Crippen molar-refractivity contribution in [3.05, 3.63) is 22.0 Å². The second kappa shape index (κ2) is 8.53. The zero-order valence-corrected chi connectivity index (χ0v) is 11.0. The minimum absolute atomic E-state index is 0. The molecule has 0 heterocycles. The van der Waals surface area contributed by atoms with Gasteiger partial charge in [-0.15, -0.1) is 37.2 Å². The van der Waals surface area contributed by atoms with Crippen LogP contribution in [0.5, 0.6) is 0 Å². The van der Waals surface area contributed by atoms with Gasteiger partial charge in [-0.05, 0) is 0 Å². The van der Waals surface area contributed by atoms with Gasteiger partial charge in [0.2, 0.25) is 0 Å². The van der Waals surface area contributed by atoms with Crippen molar-refractivity contribution in [2.75, 3.05) is 0 Å². The fraction of sp³-hybridized carbons (Fsp3) is 0.500. The molecule has 12 heavy (non-hydrogen) atoms. The Bertz CT molecular complexity index is 173. The molecule has 0 aromatic rings. The maximum atomic E-state index is 2.65. The molecule has 1 rings (SSSR count). The summed E-state index contributed by atoms with van der Waals surface area (Å²) in [6.45, 7) is 4.47. The second-order valence-corrected chi connectivity index (χ2v) is 3.51. The van der Waals surface area contributed by atoms with E-state index >= 15 is 0 Å². The first kappa shape index (κ1) is 18.7. The molecule has 0 bridgehead atoms. The van der Waals surface area contributed by atoms with Crippen molar-refractivity contribution in [1.29, 1.82) is 0 Å². The summed E-state index contributed by atoms with van der Waals surface area (Å²) in [5.74, 6) is 0.696. The van der Waals surface area contributed by atoms with Gasteiger partial charge in [0.15, 0.2) is 0 Å². The Morgan fingerprint density at radius 2 is 1.75 bits per heavy atom. The van der Waals surface area contributed by atoms with Gasteiger partial charge in [-0.3, -0.25) is 0 Å². The maximum Gasteiger partial charge on any atom is -0.147 e. The zero-order chi connectivity index (χ0) is 6.85. The first-order chi connectivity index (χ1) is 4.22. The molecule has 0 radical (unpaired) electrons. The number of hydrogen-bond donors (Lipinski definition) is 0. The monoisotopic (exact) mass is 266 g/mol. The minimum atomic E-state index is 0. The van der Waals surface area contributed by atoms with E-state index in [9.17, 15) is 0 Å². The Labute approximate surface area is 102 Å². The third-order valence-corrected chi connectivity index (χ3v) is 2.25. The van der Waals surface area contributed by atoms with Crippen molar-refractivity contribution < 1.29 is 17.4 Å². The van der Waals surface area contributed by atoms with Crippen LogP contribution in [-0.2, 0) is 17.4 Å². The quantitative estimate of drug-likeness (QED) is 0.680. The molecule has 72 valence electrons. The van der Waals surface area contributed by atoms with Crippen LogP contribution < -0.4 is 0 Å². The van der Waals surface area contributed by atoms with Crippen LogP contribution in [-0.4, -0.2) is 0 Å². The number of allylic oxidation sites excluding steroid dienone is 4. The van der Waals surface area contributed by atoms with Gasteiger partial charge in [-0.2, -0.15) is 0 Å². The normalized spacial score (nSPS) is 13.6. The van der Waals surface area contributed by atoms with Gasteiger partial charge in [0, 0.05) is 0 Å². The van der Waals surface area contributed by atoms with Gasteiger partial charge >= 0.3 is 65.6 Å². The summed E-state index contributed by atoms with van der Waals surface area (Å²) < 4.78 is 1.48. The smallest absolute Gasteiger partial charge is 0.147 e. The summed E-state index contributed by atoms with van der Waals surface area (Å²) in [6, 6.07) is 0. The molecule has 0 nitrogen and oxygen atoms in total. The molecule has 0 saturated carbocycles. The standard InChI is InChI=1S/C8H11.3ClH.V/c1-7(2)8-5-3-4-6-8;;;;/h3,5,7H,4H2,1-2H3;3*1H;. The average Bonchev–Trinajstić information content (AvgIpc) is 2.13. The largest absolute Gasteiger partial charge is 0.147 e. The van der Waals surface area contributed by atoms with E-state index in [1.807, 2.05) is 0 Å². The summed E-state index contributed by atoms with van der Waals surface area (Å²) in [4.78, 5) is 0. The van der Waals surface area contributed by atoms with E-state index in [4.69, 9.17) is 0 Å². The third kappa shape index (κ3) is 4.84. The minimum Gasteiger partial charge on any atom is -0.147 e. The molecule has 0 N–H and O–H groups in total. The third-order valence-electron chi connectivity index (χ3n) is 1.56. The molecular weight excluding hydrogens is 253 g/mol. The predicted molar refractivity (Wildman–Crippen MR) is 57.4 cm³/mol. The molecule has 1 aliphatic carbocycles. The predicted octanol–water partition coefficient (Wildman–Crippen LogP) is 3.67. The molecule has 0 saturated heterocycles. The Kier molecular flexibility index (Phi) is 13.3. The summed E-state index contributed by atoms with van der Waals surface area (Å²) in [6.07, 6.45) is 5.61. The van der Waals surface area contributed by atoms with Gasteiger partial charge in [0.1, 0.15) is 0 Å². The Hall–Kier alpha value is 0.934. The number of hydrogen-bond acceptors (Lipinski definition) is 0. The van der Waals surface area contributed by atoms with Crippen LogP contribution >= 0.6 is 37.2 Å². The van der Waals surface area contributed by atoms with E-state index < -0.39 is 0 Å². The van der Waals surface area contributed by atoms with E-state index in [-0.39, 0.29) is 37.2 Å². The maximum absolute atomic E-state index is 2.65. The Balaban J connectivity index is -0.000000270. The summed E-state index contributed by atoms with van der Waals surface area (Å²) in [5, 5.41) is 0. The summed E-state index contributed by atoms with van der Waals surface area (Å²) in [5.41, 5.74) is 1.51. The zero-order valence-electron chi connectivity index (χ0n) is 7.11. The van der Waals surface area contributed by atoms with E-state index in [0.717, 1.165) is 6.42 Å². The van der Waals surface area contributed by atoms with Crippen molar-refractivity contribution in [2.45, 2.75) is 20.3 Å².